The number of rotatable bonds is 4. The lowest BCUT2D eigenvalue weighted by atomic mass is 10.0. The van der Waals surface area contributed by atoms with Crippen LogP contribution in [0.2, 0.25) is 5.02 Å². The lowest BCUT2D eigenvalue weighted by Crippen LogP contribution is -2.27. The standard InChI is InChI=1S/C19H19ClF3NO2/c1-5-24(4)18(25)14-8-12(3)17(9-11(14)2)26-13-6-7-16(20)15(10-13)19(21,22)23/h6-10H,5H2,1-4H3. The summed E-state index contributed by atoms with van der Waals surface area (Å²) in [7, 11) is 1.70. The van der Waals surface area contributed by atoms with Crippen LogP contribution in [0.5, 0.6) is 11.5 Å². The van der Waals surface area contributed by atoms with Crippen LogP contribution in [0.3, 0.4) is 0 Å². The molecule has 1 amide bonds. The van der Waals surface area contributed by atoms with E-state index in [9.17, 15) is 18.0 Å². The Morgan fingerprint density at radius 1 is 1.15 bits per heavy atom. The molecule has 2 rings (SSSR count). The molecule has 0 N–H and O–H groups in total. The fourth-order valence-corrected chi connectivity index (χ4v) is 2.62. The molecule has 0 atom stereocenters. The average Bonchev–Trinajstić information content (AvgIpc) is 2.57. The molecule has 0 saturated heterocycles. The number of amides is 1. The molecule has 0 saturated carbocycles. The third-order valence-electron chi connectivity index (χ3n) is 4.04. The molecule has 2 aromatic carbocycles. The maximum absolute atomic E-state index is 13.0. The van der Waals surface area contributed by atoms with E-state index in [0.717, 1.165) is 12.1 Å². The van der Waals surface area contributed by atoms with Crippen molar-refractivity contribution >= 4 is 17.5 Å². The van der Waals surface area contributed by atoms with Gasteiger partial charge in [0.15, 0.2) is 0 Å². The zero-order valence-electron chi connectivity index (χ0n) is 14.9. The molecule has 7 heteroatoms. The minimum absolute atomic E-state index is 0.0222. The molecule has 0 radical (unpaired) electrons. The maximum Gasteiger partial charge on any atom is 0.417 e. The molecule has 0 unspecified atom stereocenters. The Hall–Kier alpha value is -2.21. The normalized spacial score (nSPS) is 11.4. The fraction of sp³-hybridized carbons (Fsp3) is 0.316. The highest BCUT2D eigenvalue weighted by atomic mass is 35.5. The van der Waals surface area contributed by atoms with Gasteiger partial charge in [0.25, 0.3) is 5.91 Å². The molecule has 0 aliphatic heterocycles. The SMILES string of the molecule is CCN(C)C(=O)c1cc(C)c(Oc2ccc(Cl)c(C(F)(F)F)c2)cc1C. The van der Waals surface area contributed by atoms with Crippen LogP contribution >= 0.6 is 11.6 Å². The summed E-state index contributed by atoms with van der Waals surface area (Å²) in [4.78, 5) is 13.9. The van der Waals surface area contributed by atoms with Gasteiger partial charge in [-0.05, 0) is 62.2 Å². The van der Waals surface area contributed by atoms with Crippen molar-refractivity contribution in [1.82, 2.24) is 4.90 Å². The van der Waals surface area contributed by atoms with Gasteiger partial charge in [-0.1, -0.05) is 11.6 Å². The highest BCUT2D eigenvalue weighted by molar-refractivity contribution is 6.31. The molecule has 0 heterocycles. The molecular weight excluding hydrogens is 367 g/mol. The summed E-state index contributed by atoms with van der Waals surface area (Å²) in [6.07, 6.45) is -4.57. The summed E-state index contributed by atoms with van der Waals surface area (Å²) in [6, 6.07) is 6.71. The van der Waals surface area contributed by atoms with Crippen LogP contribution in [-0.2, 0) is 6.18 Å². The zero-order chi connectivity index (χ0) is 19.6. The first kappa shape index (κ1) is 20.1. The monoisotopic (exact) mass is 385 g/mol. The second-order valence-electron chi connectivity index (χ2n) is 5.99. The third kappa shape index (κ3) is 4.30. The number of carbonyl (C=O) groups excluding carboxylic acids is 1. The molecule has 0 bridgehead atoms. The van der Waals surface area contributed by atoms with Crippen LogP contribution in [0.4, 0.5) is 13.2 Å². The van der Waals surface area contributed by atoms with E-state index in [-0.39, 0.29) is 16.7 Å². The van der Waals surface area contributed by atoms with Gasteiger partial charge >= 0.3 is 6.18 Å². The Balaban J connectivity index is 2.37. The number of aryl methyl sites for hydroxylation is 2. The summed E-state index contributed by atoms with van der Waals surface area (Å²) in [5.41, 5.74) is 0.904. The summed E-state index contributed by atoms with van der Waals surface area (Å²) < 4.78 is 44.6. The van der Waals surface area contributed by atoms with Crippen molar-refractivity contribution in [1.29, 1.82) is 0 Å². The van der Waals surface area contributed by atoms with E-state index >= 15 is 0 Å². The molecule has 3 nitrogen and oxygen atoms in total. The predicted molar refractivity (Wildman–Crippen MR) is 95.1 cm³/mol. The summed E-state index contributed by atoms with van der Waals surface area (Å²) in [5.74, 6) is 0.285. The van der Waals surface area contributed by atoms with Gasteiger partial charge in [0.05, 0.1) is 10.6 Å². The van der Waals surface area contributed by atoms with E-state index in [0.29, 0.717) is 29.0 Å². The van der Waals surface area contributed by atoms with Crippen molar-refractivity contribution in [3.8, 4) is 11.5 Å². The van der Waals surface area contributed by atoms with Gasteiger partial charge in [-0.2, -0.15) is 13.2 Å². The molecule has 0 spiro atoms. The van der Waals surface area contributed by atoms with Gasteiger partial charge in [0.2, 0.25) is 0 Å². The smallest absolute Gasteiger partial charge is 0.417 e. The molecule has 26 heavy (non-hydrogen) atoms. The van der Waals surface area contributed by atoms with Gasteiger partial charge in [-0.3, -0.25) is 4.79 Å². The van der Waals surface area contributed by atoms with Gasteiger partial charge in [0, 0.05) is 19.2 Å². The van der Waals surface area contributed by atoms with Gasteiger partial charge < -0.3 is 9.64 Å². The molecule has 0 aliphatic carbocycles. The minimum atomic E-state index is -4.57. The second-order valence-corrected chi connectivity index (χ2v) is 6.40. The predicted octanol–water partition coefficient (Wildman–Crippen LogP) is 5.86. The van der Waals surface area contributed by atoms with E-state index in [1.165, 1.54) is 6.07 Å². The second kappa shape index (κ2) is 7.58. The molecule has 0 aromatic heterocycles. The lowest BCUT2D eigenvalue weighted by Gasteiger charge is -2.18. The average molecular weight is 386 g/mol. The first-order valence-electron chi connectivity index (χ1n) is 7.96. The number of alkyl halides is 3. The molecule has 0 aliphatic rings. The van der Waals surface area contributed by atoms with Crippen molar-refractivity contribution in [3.63, 3.8) is 0 Å². The Morgan fingerprint density at radius 3 is 2.38 bits per heavy atom. The Bertz CT molecular complexity index is 834. The number of hydrogen-bond acceptors (Lipinski definition) is 2. The van der Waals surface area contributed by atoms with E-state index in [1.54, 1.807) is 37.9 Å². The summed E-state index contributed by atoms with van der Waals surface area (Å²) >= 11 is 5.62. The lowest BCUT2D eigenvalue weighted by molar-refractivity contribution is -0.137. The Labute approximate surface area is 155 Å². The van der Waals surface area contributed by atoms with E-state index in [2.05, 4.69) is 0 Å². The van der Waals surface area contributed by atoms with Crippen molar-refractivity contribution in [2.75, 3.05) is 13.6 Å². The molecule has 0 fully saturated rings. The number of nitrogens with zero attached hydrogens (tertiary/aromatic N) is 1. The number of carbonyl (C=O) groups is 1. The van der Waals surface area contributed by atoms with Gasteiger partial charge in [-0.15, -0.1) is 0 Å². The highest BCUT2D eigenvalue weighted by Crippen LogP contribution is 2.38. The van der Waals surface area contributed by atoms with Crippen molar-refractivity contribution < 1.29 is 22.7 Å². The zero-order valence-corrected chi connectivity index (χ0v) is 15.6. The molecule has 140 valence electrons. The van der Waals surface area contributed by atoms with Gasteiger partial charge in [0.1, 0.15) is 11.5 Å². The summed E-state index contributed by atoms with van der Waals surface area (Å²) in [6.45, 7) is 5.93. The van der Waals surface area contributed by atoms with Crippen molar-refractivity contribution in [3.05, 3.63) is 57.6 Å². The van der Waals surface area contributed by atoms with Crippen LogP contribution < -0.4 is 4.74 Å². The summed E-state index contributed by atoms with van der Waals surface area (Å²) in [5, 5.41) is -0.388. The van der Waals surface area contributed by atoms with Crippen LogP contribution in [0.1, 0.15) is 34.0 Å². The number of benzene rings is 2. The number of hydrogen-bond donors (Lipinski definition) is 0. The topological polar surface area (TPSA) is 29.5 Å². The molecule has 2 aromatic rings. The first-order valence-corrected chi connectivity index (χ1v) is 8.33. The fourth-order valence-electron chi connectivity index (χ4n) is 2.39. The number of halogens is 4. The van der Waals surface area contributed by atoms with E-state index in [4.69, 9.17) is 16.3 Å². The van der Waals surface area contributed by atoms with Crippen LogP contribution in [-0.4, -0.2) is 24.4 Å². The quantitative estimate of drug-likeness (QED) is 0.659. The van der Waals surface area contributed by atoms with E-state index in [1.807, 2.05) is 6.92 Å². The van der Waals surface area contributed by atoms with Crippen molar-refractivity contribution in [2.45, 2.75) is 26.9 Å². The third-order valence-corrected chi connectivity index (χ3v) is 4.37. The first-order chi connectivity index (χ1) is 12.0. The van der Waals surface area contributed by atoms with Crippen LogP contribution in [0.25, 0.3) is 0 Å². The van der Waals surface area contributed by atoms with Crippen molar-refractivity contribution in [2.24, 2.45) is 0 Å². The van der Waals surface area contributed by atoms with Gasteiger partial charge in [-0.25, -0.2) is 0 Å². The van der Waals surface area contributed by atoms with Crippen LogP contribution in [0, 0.1) is 13.8 Å². The highest BCUT2D eigenvalue weighted by Gasteiger charge is 2.33. The maximum atomic E-state index is 13.0. The Kier molecular flexibility index (Phi) is 5.86. The largest absolute Gasteiger partial charge is 0.457 e. The molecular formula is C19H19ClF3NO2. The van der Waals surface area contributed by atoms with Crippen LogP contribution in [0.15, 0.2) is 30.3 Å². The van der Waals surface area contributed by atoms with E-state index < -0.39 is 11.7 Å². The number of ether oxygens (including phenoxy) is 1. The Morgan fingerprint density at radius 2 is 1.81 bits per heavy atom. The minimum Gasteiger partial charge on any atom is -0.457 e.